The minimum atomic E-state index is 0.258. The van der Waals surface area contributed by atoms with Gasteiger partial charge < -0.3 is 0 Å². The van der Waals surface area contributed by atoms with Crippen molar-refractivity contribution in [1.29, 1.82) is 0 Å². The molecule has 5 nitrogen and oxygen atoms in total. The number of hydrogen-bond acceptors (Lipinski definition) is 4. The van der Waals surface area contributed by atoms with Crippen LogP contribution in [0.4, 0.5) is 5.69 Å². The van der Waals surface area contributed by atoms with Crippen LogP contribution in [0.5, 0.6) is 0 Å². The molecule has 0 aromatic heterocycles. The molecule has 112 valence electrons. The van der Waals surface area contributed by atoms with E-state index >= 15 is 0 Å². The third kappa shape index (κ3) is 4.64. The SMILES string of the molecule is CC(=NN=Cc1ccccc1)C(=Nc1ccc(C)cc1)NO. The Labute approximate surface area is 129 Å². The molecule has 0 saturated carbocycles. The molecule has 0 aliphatic carbocycles. The first-order valence-electron chi connectivity index (χ1n) is 6.87. The lowest BCUT2D eigenvalue weighted by Gasteiger charge is -2.03. The summed E-state index contributed by atoms with van der Waals surface area (Å²) < 4.78 is 0. The highest BCUT2D eigenvalue weighted by Crippen LogP contribution is 2.12. The van der Waals surface area contributed by atoms with Gasteiger partial charge in [-0.3, -0.25) is 10.7 Å². The second-order valence-corrected chi connectivity index (χ2v) is 4.75. The summed E-state index contributed by atoms with van der Waals surface area (Å²) in [5, 5.41) is 17.2. The van der Waals surface area contributed by atoms with Crippen LogP contribution in [0.2, 0.25) is 0 Å². The van der Waals surface area contributed by atoms with Crippen molar-refractivity contribution in [2.75, 3.05) is 0 Å². The molecule has 0 spiro atoms. The highest BCUT2D eigenvalue weighted by atomic mass is 16.5. The van der Waals surface area contributed by atoms with Gasteiger partial charge in [0.1, 0.15) is 5.71 Å². The van der Waals surface area contributed by atoms with E-state index in [0.717, 1.165) is 16.8 Å². The third-order valence-electron chi connectivity index (χ3n) is 2.94. The smallest absolute Gasteiger partial charge is 0.173 e. The predicted octanol–water partition coefficient (Wildman–Crippen LogP) is 3.50. The van der Waals surface area contributed by atoms with Crippen LogP contribution in [0.25, 0.3) is 0 Å². The van der Waals surface area contributed by atoms with Gasteiger partial charge in [-0.15, -0.1) is 0 Å². The molecular formula is C17H18N4O. The molecule has 2 aromatic rings. The fourth-order valence-electron chi connectivity index (χ4n) is 1.70. The van der Waals surface area contributed by atoms with Crippen molar-refractivity contribution in [3.8, 4) is 0 Å². The molecule has 0 aliphatic rings. The van der Waals surface area contributed by atoms with E-state index in [1.807, 2.05) is 61.5 Å². The predicted molar refractivity (Wildman–Crippen MR) is 90.3 cm³/mol. The van der Waals surface area contributed by atoms with Gasteiger partial charge in [-0.05, 0) is 31.5 Å². The molecule has 2 rings (SSSR count). The van der Waals surface area contributed by atoms with E-state index in [1.165, 1.54) is 0 Å². The van der Waals surface area contributed by atoms with Gasteiger partial charge in [0.25, 0.3) is 0 Å². The Balaban J connectivity index is 2.14. The maximum atomic E-state index is 9.22. The normalized spacial score (nSPS) is 12.7. The van der Waals surface area contributed by atoms with Crippen molar-refractivity contribution in [1.82, 2.24) is 5.48 Å². The van der Waals surface area contributed by atoms with E-state index < -0.39 is 0 Å². The zero-order chi connectivity index (χ0) is 15.8. The van der Waals surface area contributed by atoms with E-state index in [0.29, 0.717) is 5.71 Å². The van der Waals surface area contributed by atoms with Gasteiger partial charge >= 0.3 is 0 Å². The summed E-state index contributed by atoms with van der Waals surface area (Å²) in [6.45, 7) is 3.72. The molecule has 5 heteroatoms. The molecule has 0 bridgehead atoms. The number of nitrogens with one attached hydrogen (secondary N) is 1. The fraction of sp³-hybridized carbons (Fsp3) is 0.118. The van der Waals surface area contributed by atoms with Crippen LogP contribution in [-0.2, 0) is 0 Å². The third-order valence-corrected chi connectivity index (χ3v) is 2.94. The number of hydrogen-bond donors (Lipinski definition) is 2. The number of hydroxylamine groups is 1. The van der Waals surface area contributed by atoms with Crippen LogP contribution >= 0.6 is 0 Å². The number of aliphatic imine (C=N–C) groups is 1. The maximum Gasteiger partial charge on any atom is 0.173 e. The van der Waals surface area contributed by atoms with Crippen LogP contribution in [-0.4, -0.2) is 23.0 Å². The fourth-order valence-corrected chi connectivity index (χ4v) is 1.70. The summed E-state index contributed by atoms with van der Waals surface area (Å²) in [4.78, 5) is 4.29. The first-order chi connectivity index (χ1) is 10.7. The number of rotatable bonds is 4. The van der Waals surface area contributed by atoms with E-state index in [4.69, 9.17) is 0 Å². The number of amidine groups is 1. The summed E-state index contributed by atoms with van der Waals surface area (Å²) in [6.07, 6.45) is 1.64. The molecule has 0 amide bonds. The topological polar surface area (TPSA) is 69.3 Å². The van der Waals surface area contributed by atoms with E-state index in [2.05, 4.69) is 20.7 Å². The van der Waals surface area contributed by atoms with Crippen molar-refractivity contribution >= 4 is 23.4 Å². The second-order valence-electron chi connectivity index (χ2n) is 4.75. The molecule has 2 N–H and O–H groups in total. The largest absolute Gasteiger partial charge is 0.290 e. The highest BCUT2D eigenvalue weighted by molar-refractivity contribution is 6.40. The molecule has 0 unspecified atom stereocenters. The Bertz CT molecular complexity index is 688. The van der Waals surface area contributed by atoms with Gasteiger partial charge in [0.2, 0.25) is 0 Å². The average molecular weight is 294 g/mol. The summed E-state index contributed by atoms with van der Waals surface area (Å²) in [5.74, 6) is 0.258. The molecule has 0 saturated heterocycles. The Morgan fingerprint density at radius 2 is 1.73 bits per heavy atom. The first-order valence-corrected chi connectivity index (χ1v) is 6.87. The molecule has 0 fully saturated rings. The van der Waals surface area contributed by atoms with Crippen LogP contribution in [0, 0.1) is 6.92 Å². The molecule has 0 atom stereocenters. The van der Waals surface area contributed by atoms with Crippen LogP contribution in [0.1, 0.15) is 18.1 Å². The molecule has 0 aliphatic heterocycles. The average Bonchev–Trinajstić information content (AvgIpc) is 2.55. The molecular weight excluding hydrogens is 276 g/mol. The number of benzene rings is 2. The number of nitrogens with zero attached hydrogens (tertiary/aromatic N) is 3. The summed E-state index contributed by atoms with van der Waals surface area (Å²) >= 11 is 0. The zero-order valence-electron chi connectivity index (χ0n) is 12.6. The Morgan fingerprint density at radius 1 is 1.05 bits per heavy atom. The maximum absolute atomic E-state index is 9.22. The van der Waals surface area contributed by atoms with Crippen molar-refractivity contribution in [3.63, 3.8) is 0 Å². The lowest BCUT2D eigenvalue weighted by Crippen LogP contribution is -2.26. The Morgan fingerprint density at radius 3 is 2.36 bits per heavy atom. The van der Waals surface area contributed by atoms with Crippen molar-refractivity contribution < 1.29 is 5.21 Å². The van der Waals surface area contributed by atoms with Crippen LogP contribution < -0.4 is 5.48 Å². The minimum absolute atomic E-state index is 0.258. The van der Waals surface area contributed by atoms with Gasteiger partial charge in [-0.1, -0.05) is 48.0 Å². The lowest BCUT2D eigenvalue weighted by molar-refractivity contribution is 0.236. The van der Waals surface area contributed by atoms with E-state index in [9.17, 15) is 5.21 Å². The number of aryl methyl sites for hydroxylation is 1. The van der Waals surface area contributed by atoms with Gasteiger partial charge in [-0.2, -0.15) is 10.2 Å². The zero-order valence-corrected chi connectivity index (χ0v) is 12.6. The summed E-state index contributed by atoms with van der Waals surface area (Å²) in [5.41, 5.74) is 5.37. The molecule has 2 aromatic carbocycles. The lowest BCUT2D eigenvalue weighted by atomic mass is 10.2. The summed E-state index contributed by atoms with van der Waals surface area (Å²) in [7, 11) is 0. The van der Waals surface area contributed by atoms with Gasteiger partial charge in [0.15, 0.2) is 5.84 Å². The van der Waals surface area contributed by atoms with Crippen molar-refractivity contribution in [2.24, 2.45) is 15.2 Å². The van der Waals surface area contributed by atoms with Crippen LogP contribution in [0.15, 0.2) is 69.8 Å². The minimum Gasteiger partial charge on any atom is -0.290 e. The van der Waals surface area contributed by atoms with Gasteiger partial charge in [-0.25, -0.2) is 4.99 Å². The van der Waals surface area contributed by atoms with E-state index in [-0.39, 0.29) is 5.84 Å². The van der Waals surface area contributed by atoms with E-state index in [1.54, 1.807) is 13.1 Å². The Kier molecular flexibility index (Phi) is 5.57. The van der Waals surface area contributed by atoms with Crippen molar-refractivity contribution in [2.45, 2.75) is 13.8 Å². The van der Waals surface area contributed by atoms with Crippen molar-refractivity contribution in [3.05, 3.63) is 65.7 Å². The summed E-state index contributed by atoms with van der Waals surface area (Å²) in [6, 6.07) is 17.3. The highest BCUT2D eigenvalue weighted by Gasteiger charge is 2.02. The quantitative estimate of drug-likeness (QED) is 0.515. The molecule has 0 radical (unpaired) electrons. The Hall–Kier alpha value is -2.79. The monoisotopic (exact) mass is 294 g/mol. The molecule has 22 heavy (non-hydrogen) atoms. The first kappa shape index (κ1) is 15.6. The molecule has 0 heterocycles. The second kappa shape index (κ2) is 7.85. The van der Waals surface area contributed by atoms with Gasteiger partial charge in [0, 0.05) is 0 Å². The standard InChI is InChI=1S/C17H18N4O/c1-13-8-10-16(11-9-13)19-17(21-22)14(2)20-18-12-15-6-4-3-5-7-15/h3-12,22H,1-2H3,(H,19,21). The van der Waals surface area contributed by atoms with Gasteiger partial charge in [0.05, 0.1) is 11.9 Å². The van der Waals surface area contributed by atoms with Crippen LogP contribution in [0.3, 0.4) is 0 Å².